The zero-order valence-electron chi connectivity index (χ0n) is 5.87. The lowest BCUT2D eigenvalue weighted by atomic mass is 10.2. The lowest BCUT2D eigenvalue weighted by Gasteiger charge is -2.16. The summed E-state index contributed by atoms with van der Waals surface area (Å²) in [7, 11) is 1.52. The summed E-state index contributed by atoms with van der Waals surface area (Å²) in [5.41, 5.74) is 0. The van der Waals surface area contributed by atoms with Crippen LogP contribution in [0.2, 0.25) is 0 Å². The van der Waals surface area contributed by atoms with Crippen molar-refractivity contribution in [2.24, 2.45) is 0 Å². The van der Waals surface area contributed by atoms with Gasteiger partial charge in [0.25, 0.3) is 0 Å². The molecular weight excluding hydrogens is 120 g/mol. The summed E-state index contributed by atoms with van der Waals surface area (Å²) in [4.78, 5) is 0. The summed E-state index contributed by atoms with van der Waals surface area (Å²) in [5.74, 6) is 0. The van der Waals surface area contributed by atoms with Gasteiger partial charge in [-0.2, -0.15) is 0 Å². The van der Waals surface area contributed by atoms with Crippen LogP contribution in [0, 0.1) is 0 Å². The third kappa shape index (κ3) is 3.46. The quantitative estimate of drug-likeness (QED) is 0.558. The SMILES string of the molecule is COC(CCO)C(C)O. The van der Waals surface area contributed by atoms with E-state index in [1.165, 1.54) is 7.11 Å². The molecular formula is C6H14O3. The van der Waals surface area contributed by atoms with Crippen LogP contribution in [0.15, 0.2) is 0 Å². The van der Waals surface area contributed by atoms with Gasteiger partial charge < -0.3 is 14.9 Å². The second-order valence-electron chi connectivity index (χ2n) is 2.03. The van der Waals surface area contributed by atoms with Crippen LogP contribution in [-0.2, 0) is 4.74 Å². The molecule has 0 amide bonds. The third-order valence-corrected chi connectivity index (χ3v) is 1.25. The summed E-state index contributed by atoms with van der Waals surface area (Å²) in [6.45, 7) is 1.70. The zero-order valence-corrected chi connectivity index (χ0v) is 5.87. The lowest BCUT2D eigenvalue weighted by Crippen LogP contribution is -2.25. The minimum Gasteiger partial charge on any atom is -0.396 e. The van der Waals surface area contributed by atoms with Gasteiger partial charge in [0.15, 0.2) is 0 Å². The van der Waals surface area contributed by atoms with E-state index < -0.39 is 6.10 Å². The minimum atomic E-state index is -0.498. The van der Waals surface area contributed by atoms with Gasteiger partial charge in [-0.3, -0.25) is 0 Å². The van der Waals surface area contributed by atoms with E-state index in [2.05, 4.69) is 0 Å². The number of hydrogen-bond acceptors (Lipinski definition) is 3. The predicted molar refractivity (Wildman–Crippen MR) is 34.2 cm³/mol. The van der Waals surface area contributed by atoms with Crippen molar-refractivity contribution in [3.05, 3.63) is 0 Å². The second-order valence-corrected chi connectivity index (χ2v) is 2.03. The van der Waals surface area contributed by atoms with Gasteiger partial charge >= 0.3 is 0 Å². The molecule has 2 atom stereocenters. The zero-order chi connectivity index (χ0) is 7.28. The molecule has 0 aromatic carbocycles. The molecule has 2 unspecified atom stereocenters. The maximum atomic E-state index is 8.91. The van der Waals surface area contributed by atoms with E-state index in [9.17, 15) is 0 Å². The number of ether oxygens (including phenoxy) is 1. The summed E-state index contributed by atoms with van der Waals surface area (Å²) >= 11 is 0. The van der Waals surface area contributed by atoms with Crippen LogP contribution in [-0.4, -0.2) is 36.1 Å². The van der Waals surface area contributed by atoms with Crippen molar-refractivity contribution >= 4 is 0 Å². The Morgan fingerprint density at radius 2 is 2.11 bits per heavy atom. The first kappa shape index (κ1) is 8.88. The summed E-state index contributed by atoms with van der Waals surface area (Å²) in [5, 5.41) is 17.3. The Bertz CT molecular complexity index is 63.3. The van der Waals surface area contributed by atoms with Crippen LogP contribution < -0.4 is 0 Å². The molecule has 0 aliphatic carbocycles. The van der Waals surface area contributed by atoms with Gasteiger partial charge in [-0.05, 0) is 13.3 Å². The van der Waals surface area contributed by atoms with Gasteiger partial charge in [0.2, 0.25) is 0 Å². The molecule has 0 aliphatic heterocycles. The van der Waals surface area contributed by atoms with E-state index in [4.69, 9.17) is 14.9 Å². The fourth-order valence-corrected chi connectivity index (χ4v) is 0.683. The number of rotatable bonds is 4. The maximum absolute atomic E-state index is 8.91. The Morgan fingerprint density at radius 1 is 1.56 bits per heavy atom. The Labute approximate surface area is 55.3 Å². The molecule has 9 heavy (non-hydrogen) atoms. The minimum absolute atomic E-state index is 0.0589. The van der Waals surface area contributed by atoms with Gasteiger partial charge in [0.05, 0.1) is 12.2 Å². The van der Waals surface area contributed by atoms with Crippen molar-refractivity contribution < 1.29 is 14.9 Å². The highest BCUT2D eigenvalue weighted by atomic mass is 16.5. The van der Waals surface area contributed by atoms with Crippen molar-refractivity contribution in [3.63, 3.8) is 0 Å². The number of aliphatic hydroxyl groups is 2. The first-order valence-electron chi connectivity index (χ1n) is 3.04. The highest BCUT2D eigenvalue weighted by Gasteiger charge is 2.11. The third-order valence-electron chi connectivity index (χ3n) is 1.25. The van der Waals surface area contributed by atoms with E-state index in [0.29, 0.717) is 6.42 Å². The predicted octanol–water partition coefficient (Wildman–Crippen LogP) is -0.235. The first-order valence-corrected chi connectivity index (χ1v) is 3.04. The van der Waals surface area contributed by atoms with E-state index in [0.717, 1.165) is 0 Å². The van der Waals surface area contributed by atoms with Gasteiger partial charge in [-0.15, -0.1) is 0 Å². The highest BCUT2D eigenvalue weighted by Crippen LogP contribution is 2.01. The lowest BCUT2D eigenvalue weighted by molar-refractivity contribution is -0.0148. The van der Waals surface area contributed by atoms with E-state index in [1.807, 2.05) is 0 Å². The van der Waals surface area contributed by atoms with E-state index in [-0.39, 0.29) is 12.7 Å². The fourth-order valence-electron chi connectivity index (χ4n) is 0.683. The Balaban J connectivity index is 3.41. The summed E-state index contributed by atoms with van der Waals surface area (Å²) in [6.07, 6.45) is -0.231. The normalized spacial score (nSPS) is 17.3. The molecule has 0 heterocycles. The number of hydrogen-bond donors (Lipinski definition) is 2. The second kappa shape index (κ2) is 4.73. The molecule has 0 saturated carbocycles. The number of methoxy groups -OCH3 is 1. The molecule has 2 N–H and O–H groups in total. The Hall–Kier alpha value is -0.120. The van der Waals surface area contributed by atoms with Crippen LogP contribution >= 0.6 is 0 Å². The topological polar surface area (TPSA) is 49.7 Å². The first-order chi connectivity index (χ1) is 4.22. The van der Waals surface area contributed by atoms with Crippen molar-refractivity contribution in [1.29, 1.82) is 0 Å². The summed E-state index contributed by atoms with van der Waals surface area (Å²) < 4.78 is 4.84. The molecule has 0 aromatic heterocycles. The van der Waals surface area contributed by atoms with Gasteiger partial charge in [0.1, 0.15) is 0 Å². The molecule has 0 bridgehead atoms. The van der Waals surface area contributed by atoms with Gasteiger partial charge in [0, 0.05) is 13.7 Å². The monoisotopic (exact) mass is 134 g/mol. The van der Waals surface area contributed by atoms with Crippen molar-refractivity contribution in [1.82, 2.24) is 0 Å². The van der Waals surface area contributed by atoms with Crippen LogP contribution in [0.5, 0.6) is 0 Å². The van der Waals surface area contributed by atoms with Crippen molar-refractivity contribution in [2.75, 3.05) is 13.7 Å². The highest BCUT2D eigenvalue weighted by molar-refractivity contribution is 4.62. The standard InChI is InChI=1S/C6H14O3/c1-5(8)6(9-2)3-4-7/h5-8H,3-4H2,1-2H3. The smallest absolute Gasteiger partial charge is 0.0849 e. The average Bonchev–Trinajstić information content (AvgIpc) is 1.82. The molecule has 0 fully saturated rings. The summed E-state index contributed by atoms with van der Waals surface area (Å²) in [6, 6.07) is 0. The van der Waals surface area contributed by atoms with Crippen LogP contribution in [0.25, 0.3) is 0 Å². The maximum Gasteiger partial charge on any atom is 0.0849 e. The van der Waals surface area contributed by atoms with Crippen LogP contribution in [0.4, 0.5) is 0 Å². The molecule has 0 aromatic rings. The van der Waals surface area contributed by atoms with E-state index >= 15 is 0 Å². The molecule has 3 nitrogen and oxygen atoms in total. The molecule has 3 heteroatoms. The Morgan fingerprint density at radius 3 is 2.22 bits per heavy atom. The molecule has 0 saturated heterocycles. The Kier molecular flexibility index (Phi) is 4.67. The van der Waals surface area contributed by atoms with Gasteiger partial charge in [-0.25, -0.2) is 0 Å². The molecule has 0 rings (SSSR count). The van der Waals surface area contributed by atoms with Crippen LogP contribution in [0.3, 0.4) is 0 Å². The average molecular weight is 134 g/mol. The van der Waals surface area contributed by atoms with Gasteiger partial charge in [-0.1, -0.05) is 0 Å². The molecule has 56 valence electrons. The number of aliphatic hydroxyl groups excluding tert-OH is 2. The van der Waals surface area contributed by atoms with Crippen LogP contribution in [0.1, 0.15) is 13.3 Å². The largest absolute Gasteiger partial charge is 0.396 e. The van der Waals surface area contributed by atoms with E-state index in [1.54, 1.807) is 6.92 Å². The van der Waals surface area contributed by atoms with Crippen molar-refractivity contribution in [2.45, 2.75) is 25.6 Å². The molecule has 0 spiro atoms. The molecule has 0 aliphatic rings. The molecule has 0 radical (unpaired) electrons. The fraction of sp³-hybridized carbons (Fsp3) is 1.00. The van der Waals surface area contributed by atoms with Crippen molar-refractivity contribution in [3.8, 4) is 0 Å².